The van der Waals surface area contributed by atoms with Crippen molar-refractivity contribution in [1.29, 1.82) is 0 Å². The molecule has 1 N–H and O–H groups in total. The van der Waals surface area contributed by atoms with E-state index in [1.54, 1.807) is 12.3 Å². The van der Waals surface area contributed by atoms with Gasteiger partial charge in [0.05, 0.1) is 0 Å². The Labute approximate surface area is 137 Å². The summed E-state index contributed by atoms with van der Waals surface area (Å²) in [6.45, 7) is 5.99. The van der Waals surface area contributed by atoms with Crippen LogP contribution >= 0.6 is 11.3 Å². The van der Waals surface area contributed by atoms with Crippen molar-refractivity contribution in [1.82, 2.24) is 15.1 Å². The van der Waals surface area contributed by atoms with Crippen LogP contribution in [0.4, 0.5) is 6.01 Å². The molecule has 1 amide bonds. The second-order valence-corrected chi connectivity index (χ2v) is 6.27. The molecule has 2 heterocycles. The number of hydrogen-bond acceptors (Lipinski definition) is 6. The molecule has 0 radical (unpaired) electrons. The number of rotatable bonds is 4. The first-order chi connectivity index (χ1) is 11.0. The fourth-order valence-electron chi connectivity index (χ4n) is 2.03. The van der Waals surface area contributed by atoms with Gasteiger partial charge < -0.3 is 4.52 Å². The lowest BCUT2D eigenvalue weighted by molar-refractivity contribution is 0.101. The van der Waals surface area contributed by atoms with Crippen molar-refractivity contribution < 1.29 is 9.32 Å². The maximum absolute atomic E-state index is 12.1. The Hall–Kier alpha value is -2.54. The van der Waals surface area contributed by atoms with Gasteiger partial charge in [0.1, 0.15) is 10.7 Å². The van der Waals surface area contributed by atoms with E-state index < -0.39 is 0 Å². The van der Waals surface area contributed by atoms with Crippen LogP contribution in [0.5, 0.6) is 0 Å². The number of aryl methyl sites for hydroxylation is 1. The summed E-state index contributed by atoms with van der Waals surface area (Å²) in [7, 11) is 0. The molecule has 0 atom stereocenters. The van der Waals surface area contributed by atoms with Gasteiger partial charge in [0.2, 0.25) is 0 Å². The standard InChI is InChI=1S/C16H16N4O2S/c1-9(2)11-4-6-12(7-5-11)15-18-13(8-23-15)14(21)19-16-17-10(3)20-22-16/h4-9H,1-3H3,(H,17,19,20,21). The summed E-state index contributed by atoms with van der Waals surface area (Å²) in [4.78, 5) is 20.4. The quantitative estimate of drug-likeness (QED) is 0.786. The van der Waals surface area contributed by atoms with Crippen LogP contribution in [0, 0.1) is 6.92 Å². The topological polar surface area (TPSA) is 80.9 Å². The van der Waals surface area contributed by atoms with E-state index >= 15 is 0 Å². The highest BCUT2D eigenvalue weighted by Gasteiger charge is 2.15. The Bertz CT molecular complexity index is 821. The molecule has 0 spiro atoms. The van der Waals surface area contributed by atoms with Crippen molar-refractivity contribution in [2.45, 2.75) is 26.7 Å². The predicted octanol–water partition coefficient (Wildman–Crippen LogP) is 3.88. The van der Waals surface area contributed by atoms with Crippen LogP contribution in [-0.2, 0) is 0 Å². The molecule has 3 rings (SSSR count). The Morgan fingerprint density at radius 1 is 1.22 bits per heavy atom. The molecule has 0 saturated heterocycles. The number of benzene rings is 1. The van der Waals surface area contributed by atoms with E-state index in [9.17, 15) is 4.79 Å². The minimum absolute atomic E-state index is 0.0725. The third kappa shape index (κ3) is 3.45. The van der Waals surface area contributed by atoms with E-state index in [0.717, 1.165) is 10.6 Å². The molecule has 23 heavy (non-hydrogen) atoms. The number of hydrogen-bond donors (Lipinski definition) is 1. The third-order valence-corrected chi connectivity index (χ3v) is 4.20. The third-order valence-electron chi connectivity index (χ3n) is 3.31. The molecule has 0 aliphatic rings. The smallest absolute Gasteiger partial charge is 0.315 e. The number of anilines is 1. The zero-order chi connectivity index (χ0) is 16.4. The first-order valence-electron chi connectivity index (χ1n) is 7.20. The van der Waals surface area contributed by atoms with Crippen LogP contribution in [0.3, 0.4) is 0 Å². The number of aromatic nitrogens is 3. The van der Waals surface area contributed by atoms with Gasteiger partial charge in [-0.1, -0.05) is 43.3 Å². The molecule has 0 bridgehead atoms. The van der Waals surface area contributed by atoms with Crippen molar-refractivity contribution in [3.05, 3.63) is 46.7 Å². The molecular formula is C16H16N4O2S. The molecule has 118 valence electrons. The molecular weight excluding hydrogens is 312 g/mol. The van der Waals surface area contributed by atoms with Crippen molar-refractivity contribution in [2.24, 2.45) is 0 Å². The van der Waals surface area contributed by atoms with Crippen LogP contribution in [-0.4, -0.2) is 21.0 Å². The lowest BCUT2D eigenvalue weighted by Crippen LogP contribution is -2.12. The summed E-state index contributed by atoms with van der Waals surface area (Å²) in [6, 6.07) is 8.29. The van der Waals surface area contributed by atoms with Gasteiger partial charge >= 0.3 is 6.01 Å². The molecule has 0 aliphatic heterocycles. The number of amides is 1. The highest BCUT2D eigenvalue weighted by molar-refractivity contribution is 7.13. The average Bonchev–Trinajstić information content (AvgIpc) is 3.16. The summed E-state index contributed by atoms with van der Waals surface area (Å²) in [5.74, 6) is 0.582. The Morgan fingerprint density at radius 3 is 2.57 bits per heavy atom. The first-order valence-corrected chi connectivity index (χ1v) is 8.08. The predicted molar refractivity (Wildman–Crippen MR) is 88.6 cm³/mol. The summed E-state index contributed by atoms with van der Waals surface area (Å²) in [5.41, 5.74) is 2.59. The van der Waals surface area contributed by atoms with Gasteiger partial charge in [-0.2, -0.15) is 4.98 Å². The van der Waals surface area contributed by atoms with Crippen molar-refractivity contribution in [3.8, 4) is 10.6 Å². The monoisotopic (exact) mass is 328 g/mol. The number of nitrogens with one attached hydrogen (secondary N) is 1. The Kier molecular flexibility index (Phi) is 4.20. The van der Waals surface area contributed by atoms with E-state index in [2.05, 4.69) is 46.4 Å². The molecule has 0 fully saturated rings. The highest BCUT2D eigenvalue weighted by Crippen LogP contribution is 2.26. The maximum atomic E-state index is 12.1. The first kappa shape index (κ1) is 15.4. The van der Waals surface area contributed by atoms with Crippen LogP contribution in [0.15, 0.2) is 34.2 Å². The molecule has 3 aromatic rings. The molecule has 0 unspecified atom stereocenters. The normalized spacial score (nSPS) is 11.0. The number of carbonyl (C=O) groups excluding carboxylic acids is 1. The summed E-state index contributed by atoms with van der Waals surface area (Å²) < 4.78 is 4.87. The van der Waals surface area contributed by atoms with Gasteiger partial charge in [-0.15, -0.1) is 11.3 Å². The minimum atomic E-state index is -0.366. The number of carbonyl (C=O) groups is 1. The van der Waals surface area contributed by atoms with Gasteiger partial charge in [0.15, 0.2) is 5.82 Å². The zero-order valence-corrected chi connectivity index (χ0v) is 13.8. The van der Waals surface area contributed by atoms with Gasteiger partial charge in [-0.3, -0.25) is 10.1 Å². The van der Waals surface area contributed by atoms with Gasteiger partial charge in [-0.05, 0) is 18.4 Å². The lowest BCUT2D eigenvalue weighted by Gasteiger charge is -2.05. The molecule has 6 nitrogen and oxygen atoms in total. The summed E-state index contributed by atoms with van der Waals surface area (Å²) in [6.07, 6.45) is 0. The Morgan fingerprint density at radius 2 is 1.96 bits per heavy atom. The van der Waals surface area contributed by atoms with E-state index in [4.69, 9.17) is 4.52 Å². The van der Waals surface area contributed by atoms with E-state index in [0.29, 0.717) is 17.4 Å². The summed E-state index contributed by atoms with van der Waals surface area (Å²) >= 11 is 1.42. The molecule has 1 aromatic carbocycles. The van der Waals surface area contributed by atoms with Crippen molar-refractivity contribution >= 4 is 23.3 Å². The highest BCUT2D eigenvalue weighted by atomic mass is 32.1. The van der Waals surface area contributed by atoms with Crippen molar-refractivity contribution in [2.75, 3.05) is 5.32 Å². The van der Waals surface area contributed by atoms with E-state index in [1.165, 1.54) is 16.9 Å². The van der Waals surface area contributed by atoms with E-state index in [-0.39, 0.29) is 11.9 Å². The van der Waals surface area contributed by atoms with Gasteiger partial charge in [0.25, 0.3) is 5.91 Å². The van der Waals surface area contributed by atoms with Crippen LogP contribution in [0.25, 0.3) is 10.6 Å². The molecule has 0 aliphatic carbocycles. The van der Waals surface area contributed by atoms with Gasteiger partial charge in [0, 0.05) is 10.9 Å². The molecule has 0 saturated carbocycles. The zero-order valence-electron chi connectivity index (χ0n) is 13.0. The van der Waals surface area contributed by atoms with Crippen LogP contribution < -0.4 is 5.32 Å². The Balaban J connectivity index is 1.75. The second-order valence-electron chi connectivity index (χ2n) is 5.42. The molecule has 2 aromatic heterocycles. The fourth-order valence-corrected chi connectivity index (χ4v) is 2.84. The number of nitrogens with zero attached hydrogens (tertiary/aromatic N) is 3. The summed E-state index contributed by atoms with van der Waals surface area (Å²) in [5, 5.41) is 8.66. The maximum Gasteiger partial charge on any atom is 0.328 e. The largest absolute Gasteiger partial charge is 0.328 e. The van der Waals surface area contributed by atoms with Crippen LogP contribution in [0.2, 0.25) is 0 Å². The van der Waals surface area contributed by atoms with Gasteiger partial charge in [-0.25, -0.2) is 4.98 Å². The minimum Gasteiger partial charge on any atom is -0.315 e. The van der Waals surface area contributed by atoms with Crippen molar-refractivity contribution in [3.63, 3.8) is 0 Å². The fraction of sp³-hybridized carbons (Fsp3) is 0.250. The SMILES string of the molecule is Cc1noc(NC(=O)c2csc(-c3ccc(C(C)C)cc3)n2)n1. The van der Waals surface area contributed by atoms with E-state index in [1.807, 2.05) is 12.1 Å². The van der Waals surface area contributed by atoms with Crippen LogP contribution in [0.1, 0.15) is 41.6 Å². The average molecular weight is 328 g/mol. The second kappa shape index (κ2) is 6.29. The molecule has 7 heteroatoms. The number of thiazole rings is 1. The lowest BCUT2D eigenvalue weighted by atomic mass is 10.0.